The van der Waals surface area contributed by atoms with E-state index >= 15 is 0 Å². The van der Waals surface area contributed by atoms with Gasteiger partial charge in [-0.2, -0.15) is 0 Å². The summed E-state index contributed by atoms with van der Waals surface area (Å²) in [6.07, 6.45) is 47.3. The Hall–Kier alpha value is -3.13. The Morgan fingerprint density at radius 2 is 1.07 bits per heavy atom. The average molecular weight is 601 g/mol. The minimum Gasteiger partial charge on any atom is -0.455 e. The number of hydrogen-bond donors (Lipinski definition) is 0. The maximum Gasteiger partial charge on any atom is 0.331 e. The first-order chi connectivity index (χ1) is 21.2. The number of esters is 1. The highest BCUT2D eigenvalue weighted by Crippen LogP contribution is 2.15. The van der Waals surface area contributed by atoms with E-state index in [1.807, 2.05) is 42.5 Å². The van der Waals surface area contributed by atoms with Crippen LogP contribution in [-0.4, -0.2) is 12.1 Å². The summed E-state index contributed by atoms with van der Waals surface area (Å²) in [5.41, 5.74) is 5.24. The van der Waals surface area contributed by atoms with Gasteiger partial charge in [0.2, 0.25) is 0 Å². The largest absolute Gasteiger partial charge is 0.455 e. The van der Waals surface area contributed by atoms with Gasteiger partial charge in [-0.15, -0.1) is 0 Å². The van der Waals surface area contributed by atoms with E-state index in [9.17, 15) is 4.79 Å². The van der Waals surface area contributed by atoms with Crippen LogP contribution in [-0.2, 0) is 9.53 Å². The molecule has 0 aromatic heterocycles. The number of ether oxygens (including phenoxy) is 1. The van der Waals surface area contributed by atoms with Crippen molar-refractivity contribution in [3.63, 3.8) is 0 Å². The summed E-state index contributed by atoms with van der Waals surface area (Å²) in [5.74, 6) is -0.322. The molecular weight excluding hydrogens is 536 g/mol. The first-order valence-corrected chi connectivity index (χ1v) is 17.0. The van der Waals surface area contributed by atoms with Crippen molar-refractivity contribution in [1.82, 2.24) is 0 Å². The van der Waals surface area contributed by atoms with Gasteiger partial charge in [0.05, 0.1) is 0 Å². The van der Waals surface area contributed by atoms with E-state index in [0.717, 1.165) is 32.1 Å². The van der Waals surface area contributed by atoms with Crippen molar-refractivity contribution < 1.29 is 9.53 Å². The van der Waals surface area contributed by atoms with Crippen molar-refractivity contribution >= 4 is 5.97 Å². The van der Waals surface area contributed by atoms with Crippen LogP contribution < -0.4 is 0 Å². The second-order valence-electron chi connectivity index (χ2n) is 12.2. The normalized spacial score (nSPS) is 13.8. The molecule has 0 saturated carbocycles. The van der Waals surface area contributed by atoms with Crippen molar-refractivity contribution in [3.05, 3.63) is 120 Å². The van der Waals surface area contributed by atoms with Gasteiger partial charge in [-0.25, -0.2) is 4.79 Å². The minimum atomic E-state index is -0.322. The zero-order valence-electron chi connectivity index (χ0n) is 29.3. The van der Waals surface area contributed by atoms with Crippen molar-refractivity contribution in [3.8, 4) is 0 Å². The molecular formula is C42H64O2. The van der Waals surface area contributed by atoms with Gasteiger partial charge in [-0.05, 0) is 86.1 Å². The monoisotopic (exact) mass is 600 g/mol. The molecule has 0 radical (unpaired) electrons. The van der Waals surface area contributed by atoms with Gasteiger partial charge < -0.3 is 4.74 Å². The second-order valence-corrected chi connectivity index (χ2v) is 12.2. The number of unbranched alkanes of at least 4 members (excludes halogenated alkanes) is 7. The Kier molecular flexibility index (Phi) is 27.8. The molecule has 1 unspecified atom stereocenters. The van der Waals surface area contributed by atoms with E-state index in [-0.39, 0.29) is 12.1 Å². The molecule has 2 heteroatoms. The van der Waals surface area contributed by atoms with E-state index in [4.69, 9.17) is 4.74 Å². The molecule has 0 rings (SSSR count). The lowest BCUT2D eigenvalue weighted by atomic mass is 10.0. The van der Waals surface area contributed by atoms with E-state index in [1.165, 1.54) is 73.3 Å². The molecule has 0 spiro atoms. The Bertz CT molecular complexity index is 1040. The van der Waals surface area contributed by atoms with Crippen molar-refractivity contribution in [1.29, 1.82) is 0 Å². The smallest absolute Gasteiger partial charge is 0.331 e. The lowest BCUT2D eigenvalue weighted by Crippen LogP contribution is -2.14. The summed E-state index contributed by atoms with van der Waals surface area (Å²) in [6, 6.07) is 0. The van der Waals surface area contributed by atoms with Gasteiger partial charge in [-0.3, -0.25) is 0 Å². The molecule has 0 N–H and O–H groups in total. The summed E-state index contributed by atoms with van der Waals surface area (Å²) < 4.78 is 5.83. The molecule has 0 aliphatic heterocycles. The van der Waals surface area contributed by atoms with Crippen LogP contribution in [0, 0.1) is 0 Å². The van der Waals surface area contributed by atoms with E-state index in [2.05, 4.69) is 91.0 Å². The Morgan fingerprint density at radius 3 is 1.64 bits per heavy atom. The fourth-order valence-electron chi connectivity index (χ4n) is 4.38. The maximum atomic E-state index is 12.6. The van der Waals surface area contributed by atoms with Gasteiger partial charge >= 0.3 is 5.97 Å². The van der Waals surface area contributed by atoms with Crippen LogP contribution in [0.4, 0.5) is 0 Å². The lowest BCUT2D eigenvalue weighted by Gasteiger charge is -2.14. The lowest BCUT2D eigenvalue weighted by molar-refractivity contribution is -0.140. The molecule has 44 heavy (non-hydrogen) atoms. The van der Waals surface area contributed by atoms with Gasteiger partial charge in [0.15, 0.2) is 0 Å². The van der Waals surface area contributed by atoms with Crippen LogP contribution in [0.5, 0.6) is 0 Å². The zero-order valence-corrected chi connectivity index (χ0v) is 29.3. The highest BCUT2D eigenvalue weighted by atomic mass is 16.5. The Morgan fingerprint density at radius 1 is 0.568 bits per heavy atom. The second kappa shape index (κ2) is 29.9. The number of hydrogen-bond acceptors (Lipinski definition) is 2. The SMILES string of the molecule is CCCCCCCCCC=CC=CC=CC=CC=CC=CC(=O)OC(/C=C(\C)CCC=C(C)C)C/C=C(\C)CCC=C(C)C. The third-order valence-corrected chi connectivity index (χ3v) is 6.96. The molecule has 0 saturated heterocycles. The molecule has 0 aliphatic rings. The topological polar surface area (TPSA) is 26.3 Å². The summed E-state index contributed by atoms with van der Waals surface area (Å²) in [4.78, 5) is 12.6. The quantitative estimate of drug-likeness (QED) is 0.0362. The first-order valence-electron chi connectivity index (χ1n) is 17.0. The summed E-state index contributed by atoms with van der Waals surface area (Å²) in [5, 5.41) is 0. The molecule has 0 heterocycles. The number of allylic oxidation sites excluding steroid dienone is 17. The summed E-state index contributed by atoms with van der Waals surface area (Å²) in [6.45, 7) is 15.0. The van der Waals surface area contributed by atoms with Crippen molar-refractivity contribution in [2.75, 3.05) is 0 Å². The molecule has 244 valence electrons. The molecule has 0 amide bonds. The van der Waals surface area contributed by atoms with E-state index in [1.54, 1.807) is 6.08 Å². The molecule has 0 aromatic carbocycles. The Balaban J connectivity index is 4.67. The zero-order chi connectivity index (χ0) is 32.7. The molecule has 0 bridgehead atoms. The molecule has 0 fully saturated rings. The summed E-state index contributed by atoms with van der Waals surface area (Å²) in [7, 11) is 0. The van der Waals surface area contributed by atoms with Gasteiger partial charge in [-0.1, -0.05) is 153 Å². The molecule has 0 aliphatic carbocycles. The average Bonchev–Trinajstić information content (AvgIpc) is 2.96. The van der Waals surface area contributed by atoms with Gasteiger partial charge in [0.1, 0.15) is 6.10 Å². The van der Waals surface area contributed by atoms with E-state index < -0.39 is 0 Å². The molecule has 1 atom stereocenters. The first kappa shape index (κ1) is 40.9. The highest BCUT2D eigenvalue weighted by Gasteiger charge is 2.09. The molecule has 2 nitrogen and oxygen atoms in total. The third kappa shape index (κ3) is 30.3. The van der Waals surface area contributed by atoms with Crippen LogP contribution >= 0.6 is 0 Å². The highest BCUT2D eigenvalue weighted by molar-refractivity contribution is 5.82. The third-order valence-electron chi connectivity index (χ3n) is 6.96. The van der Waals surface area contributed by atoms with Crippen LogP contribution in [0.3, 0.4) is 0 Å². The van der Waals surface area contributed by atoms with Crippen molar-refractivity contribution in [2.45, 2.75) is 138 Å². The van der Waals surface area contributed by atoms with Crippen LogP contribution in [0.2, 0.25) is 0 Å². The van der Waals surface area contributed by atoms with Gasteiger partial charge in [0, 0.05) is 12.5 Å². The van der Waals surface area contributed by atoms with Gasteiger partial charge in [0.25, 0.3) is 0 Å². The predicted molar refractivity (Wildman–Crippen MR) is 197 cm³/mol. The number of carbonyl (C=O) groups excluding carboxylic acids is 1. The maximum absolute atomic E-state index is 12.6. The molecule has 0 aromatic rings. The number of rotatable bonds is 24. The fourth-order valence-corrected chi connectivity index (χ4v) is 4.38. The fraction of sp³-hybridized carbons (Fsp3) is 0.500. The number of carbonyl (C=O) groups is 1. The summed E-state index contributed by atoms with van der Waals surface area (Å²) >= 11 is 0. The van der Waals surface area contributed by atoms with Crippen molar-refractivity contribution in [2.24, 2.45) is 0 Å². The standard InChI is InChI=1S/C42H64O2/c1-8-9-10-11-12-13-14-15-16-17-18-19-20-21-22-23-24-25-26-33-42(43)44-41(36-40(7)32-28-30-38(4)5)35-34-39(6)31-27-29-37(2)3/h16-26,29-30,33-34,36,41H,8-15,27-28,31-32,35H2,1-7H3/b17-16?,19-18?,21-20?,23-22?,25-24?,33-26?,39-34+,40-36+. The minimum absolute atomic E-state index is 0.269. The Labute approximate surface area is 272 Å². The van der Waals surface area contributed by atoms with E-state index in [0.29, 0.717) is 6.42 Å². The van der Waals surface area contributed by atoms with Crippen LogP contribution in [0.15, 0.2) is 120 Å². The predicted octanol–water partition coefficient (Wildman–Crippen LogP) is 13.2. The van der Waals surface area contributed by atoms with Crippen LogP contribution in [0.1, 0.15) is 132 Å². The van der Waals surface area contributed by atoms with Crippen LogP contribution in [0.25, 0.3) is 0 Å².